The first-order chi connectivity index (χ1) is 9.20. The maximum Gasteiger partial charge on any atom is 0.382 e. The summed E-state index contributed by atoms with van der Waals surface area (Å²) >= 11 is 1.19. The van der Waals surface area contributed by atoms with E-state index in [4.69, 9.17) is 0 Å². The molecule has 0 heterocycles. The van der Waals surface area contributed by atoms with Crippen molar-refractivity contribution in [3.05, 3.63) is 9.66 Å². The smallest absolute Gasteiger partial charge is 0.225 e. The molecule has 0 aromatic heterocycles. The summed E-state index contributed by atoms with van der Waals surface area (Å²) in [5.74, 6) is -25.5. The minimum absolute atomic E-state index is 0.161. The van der Waals surface area contributed by atoms with Crippen molar-refractivity contribution >= 4 is 22.6 Å². The van der Waals surface area contributed by atoms with Gasteiger partial charge in [-0.1, -0.05) is 13.3 Å². The molecular formula is C11H10F9I. The van der Waals surface area contributed by atoms with Gasteiger partial charge in [0, 0.05) is 0 Å². The molecule has 0 amide bonds. The van der Waals surface area contributed by atoms with Crippen LogP contribution >= 0.6 is 22.6 Å². The highest BCUT2D eigenvalue weighted by atomic mass is 127. The van der Waals surface area contributed by atoms with Crippen LogP contribution in [0.1, 0.15) is 26.2 Å². The van der Waals surface area contributed by atoms with Crippen molar-refractivity contribution in [3.8, 4) is 0 Å². The lowest BCUT2D eigenvalue weighted by Gasteiger charge is -2.28. The second-order valence-corrected chi connectivity index (χ2v) is 6.09. The van der Waals surface area contributed by atoms with Crippen LogP contribution in [0.2, 0.25) is 0 Å². The van der Waals surface area contributed by atoms with Crippen molar-refractivity contribution in [2.45, 2.75) is 55.5 Å². The summed E-state index contributed by atoms with van der Waals surface area (Å²) in [6.45, 7) is 1.65. The van der Waals surface area contributed by atoms with Gasteiger partial charge in [-0.25, -0.2) is 4.39 Å². The van der Waals surface area contributed by atoms with E-state index in [1.165, 1.54) is 22.6 Å². The molecule has 0 saturated heterocycles. The molecule has 0 atom stereocenters. The Morgan fingerprint density at radius 3 is 1.52 bits per heavy atom. The van der Waals surface area contributed by atoms with E-state index in [9.17, 15) is 39.5 Å². The van der Waals surface area contributed by atoms with Crippen molar-refractivity contribution in [2.24, 2.45) is 0 Å². The van der Waals surface area contributed by atoms with E-state index in [0.717, 1.165) is 0 Å². The molecule has 1 rings (SSSR count). The molecular weight excluding hydrogens is 430 g/mol. The Kier molecular flexibility index (Phi) is 4.67. The Bertz CT molecular complexity index is 415. The standard InChI is InChI=1S/C11H10F9I/c1-2-3-4-6(21)5-7(12)8(13,14)10(17,18)11(19,20)9(7,15)16/h5H,2-4H2,1H3. The highest BCUT2D eigenvalue weighted by Gasteiger charge is 3.00. The lowest BCUT2D eigenvalue weighted by atomic mass is 9.96. The average molecular weight is 440 g/mol. The summed E-state index contributed by atoms with van der Waals surface area (Å²) in [6, 6.07) is 0. The third-order valence-corrected chi connectivity index (χ3v) is 4.07. The normalized spacial score (nSPS) is 28.6. The zero-order chi connectivity index (χ0) is 16.9. The topological polar surface area (TPSA) is 0 Å². The van der Waals surface area contributed by atoms with Gasteiger partial charge in [-0.15, -0.1) is 0 Å². The zero-order valence-electron chi connectivity index (χ0n) is 10.5. The number of halogens is 10. The number of rotatable bonds is 4. The molecule has 1 aliphatic rings. The summed E-state index contributed by atoms with van der Waals surface area (Å²) < 4.78 is 119. The molecule has 0 aromatic carbocycles. The molecule has 0 aliphatic heterocycles. The summed E-state index contributed by atoms with van der Waals surface area (Å²) in [6.07, 6.45) is 0.0948. The Labute approximate surface area is 127 Å². The fourth-order valence-corrected chi connectivity index (χ4v) is 2.67. The number of allylic oxidation sites excluding steroid dienone is 2. The quantitative estimate of drug-likeness (QED) is 0.386. The Hall–Kier alpha value is -0.160. The highest BCUT2D eigenvalue weighted by Crippen LogP contribution is 2.69. The minimum Gasteiger partial charge on any atom is -0.225 e. The number of unbranched alkanes of at least 4 members (excludes halogenated alkanes) is 1. The molecule has 10 heteroatoms. The molecule has 0 N–H and O–H groups in total. The van der Waals surface area contributed by atoms with Crippen LogP contribution in [0.5, 0.6) is 0 Å². The molecule has 0 unspecified atom stereocenters. The summed E-state index contributed by atoms with van der Waals surface area (Å²) in [4.78, 5) is 0. The predicted molar refractivity (Wildman–Crippen MR) is 65.3 cm³/mol. The third kappa shape index (κ3) is 2.18. The average Bonchev–Trinajstić information content (AvgIpc) is 2.38. The SMILES string of the molecule is CCCCC(I)=CC1(F)C(F)(F)C(F)(F)C(F)(F)C1(F)F. The molecule has 0 bridgehead atoms. The van der Waals surface area contributed by atoms with Crippen molar-refractivity contribution in [3.63, 3.8) is 0 Å². The molecule has 0 aromatic rings. The second-order valence-electron chi connectivity index (χ2n) is 4.70. The van der Waals surface area contributed by atoms with Crippen LogP contribution in [0, 0.1) is 0 Å². The number of alkyl halides is 9. The van der Waals surface area contributed by atoms with Gasteiger partial charge in [-0.3, -0.25) is 0 Å². The molecule has 0 radical (unpaired) electrons. The van der Waals surface area contributed by atoms with Gasteiger partial charge in [-0.2, -0.15) is 35.1 Å². The zero-order valence-corrected chi connectivity index (χ0v) is 12.6. The molecule has 1 fully saturated rings. The van der Waals surface area contributed by atoms with Crippen LogP contribution in [0.25, 0.3) is 0 Å². The predicted octanol–water partition coefficient (Wildman–Crippen LogP) is 5.76. The first-order valence-electron chi connectivity index (χ1n) is 5.78. The van der Waals surface area contributed by atoms with Crippen LogP contribution in [0.3, 0.4) is 0 Å². The van der Waals surface area contributed by atoms with Crippen molar-refractivity contribution < 1.29 is 39.5 Å². The van der Waals surface area contributed by atoms with Gasteiger partial charge < -0.3 is 0 Å². The van der Waals surface area contributed by atoms with Crippen molar-refractivity contribution in [2.75, 3.05) is 0 Å². The van der Waals surface area contributed by atoms with Gasteiger partial charge in [0.2, 0.25) is 0 Å². The van der Waals surface area contributed by atoms with E-state index in [1.54, 1.807) is 6.92 Å². The molecule has 21 heavy (non-hydrogen) atoms. The van der Waals surface area contributed by atoms with E-state index >= 15 is 0 Å². The van der Waals surface area contributed by atoms with Gasteiger partial charge in [-0.05, 0) is 45.1 Å². The van der Waals surface area contributed by atoms with E-state index in [0.29, 0.717) is 6.42 Å². The fraction of sp³-hybridized carbons (Fsp3) is 0.818. The van der Waals surface area contributed by atoms with Crippen molar-refractivity contribution in [1.82, 2.24) is 0 Å². The van der Waals surface area contributed by atoms with Crippen molar-refractivity contribution in [1.29, 1.82) is 0 Å². The summed E-state index contributed by atoms with van der Waals surface area (Å²) in [5, 5.41) is 0. The first-order valence-corrected chi connectivity index (χ1v) is 6.86. The largest absolute Gasteiger partial charge is 0.382 e. The Balaban J connectivity index is 3.46. The fourth-order valence-electron chi connectivity index (χ4n) is 1.86. The van der Waals surface area contributed by atoms with Gasteiger partial charge in [0.25, 0.3) is 5.67 Å². The third-order valence-electron chi connectivity index (χ3n) is 3.22. The van der Waals surface area contributed by atoms with Gasteiger partial charge in [0.15, 0.2) is 0 Å². The summed E-state index contributed by atoms with van der Waals surface area (Å²) in [7, 11) is 0. The van der Waals surface area contributed by atoms with Crippen LogP contribution in [-0.2, 0) is 0 Å². The Morgan fingerprint density at radius 1 is 0.810 bits per heavy atom. The summed E-state index contributed by atoms with van der Waals surface area (Å²) in [5.41, 5.74) is -5.46. The first kappa shape index (κ1) is 18.9. The van der Waals surface area contributed by atoms with Crippen LogP contribution < -0.4 is 0 Å². The Morgan fingerprint density at radius 2 is 1.19 bits per heavy atom. The van der Waals surface area contributed by atoms with Gasteiger partial charge in [0.1, 0.15) is 0 Å². The molecule has 1 aliphatic carbocycles. The van der Waals surface area contributed by atoms with Crippen LogP contribution in [0.15, 0.2) is 9.66 Å². The highest BCUT2D eigenvalue weighted by molar-refractivity contribution is 14.1. The molecule has 0 nitrogen and oxygen atoms in total. The second kappa shape index (κ2) is 5.19. The lowest BCUT2D eigenvalue weighted by Crippen LogP contribution is -2.53. The van der Waals surface area contributed by atoms with E-state index in [2.05, 4.69) is 0 Å². The number of hydrogen-bond donors (Lipinski definition) is 0. The van der Waals surface area contributed by atoms with E-state index in [-0.39, 0.29) is 12.8 Å². The van der Waals surface area contributed by atoms with E-state index < -0.39 is 39.0 Å². The number of hydrogen-bond acceptors (Lipinski definition) is 0. The van der Waals surface area contributed by atoms with Crippen LogP contribution in [-0.4, -0.2) is 29.4 Å². The molecule has 0 spiro atoms. The lowest BCUT2D eigenvalue weighted by molar-refractivity contribution is -0.303. The van der Waals surface area contributed by atoms with E-state index in [1.807, 2.05) is 0 Å². The monoisotopic (exact) mass is 440 g/mol. The molecule has 1 saturated carbocycles. The van der Waals surface area contributed by atoms with Crippen LogP contribution in [0.4, 0.5) is 39.5 Å². The molecule has 124 valence electrons. The maximum absolute atomic E-state index is 14.0. The van der Waals surface area contributed by atoms with Gasteiger partial charge >= 0.3 is 23.7 Å². The maximum atomic E-state index is 14.0. The minimum atomic E-state index is -6.50. The van der Waals surface area contributed by atoms with Gasteiger partial charge in [0.05, 0.1) is 0 Å².